The second kappa shape index (κ2) is 8.42. The zero-order chi connectivity index (χ0) is 18.4. The van der Waals surface area contributed by atoms with Gasteiger partial charge in [-0.15, -0.1) is 11.3 Å². The first-order valence-corrected chi connectivity index (χ1v) is 8.93. The van der Waals surface area contributed by atoms with Crippen LogP contribution in [0.2, 0.25) is 0 Å². The van der Waals surface area contributed by atoms with Crippen LogP contribution in [-0.4, -0.2) is 17.0 Å². The largest absolute Gasteiger partial charge is 0.344 e. The number of rotatable bonds is 6. The molecular weight excluding hydrogens is 348 g/mol. The van der Waals surface area contributed by atoms with Gasteiger partial charge in [-0.3, -0.25) is 14.8 Å². The lowest BCUT2D eigenvalue weighted by Crippen LogP contribution is -2.29. The first-order chi connectivity index (χ1) is 12.7. The number of carbonyl (C=O) groups is 2. The van der Waals surface area contributed by atoms with Crippen LogP contribution in [0, 0.1) is 0 Å². The molecule has 26 heavy (non-hydrogen) atoms. The summed E-state index contributed by atoms with van der Waals surface area (Å²) in [5.41, 5.74) is 3.70. The third-order valence-electron chi connectivity index (χ3n) is 3.95. The average Bonchev–Trinajstić information content (AvgIpc) is 3.19. The van der Waals surface area contributed by atoms with Gasteiger partial charge in [0.05, 0.1) is 15.8 Å². The summed E-state index contributed by atoms with van der Waals surface area (Å²) in [6, 6.07) is 22.6. The first kappa shape index (κ1) is 17.8. The van der Waals surface area contributed by atoms with Crippen LogP contribution >= 0.6 is 11.3 Å². The predicted octanol–water partition coefficient (Wildman–Crippen LogP) is 3.58. The molecule has 0 saturated heterocycles. The SMILES string of the molecule is O=C(NO)c1ccc(C(=O)N[C@H](Cc2ccccc2)c2ccccc2)s1. The van der Waals surface area contributed by atoms with Gasteiger partial charge < -0.3 is 5.32 Å². The number of nitrogens with one attached hydrogen (secondary N) is 2. The summed E-state index contributed by atoms with van der Waals surface area (Å²) in [4.78, 5) is 24.8. The summed E-state index contributed by atoms with van der Waals surface area (Å²) in [6.45, 7) is 0. The molecule has 0 aliphatic rings. The van der Waals surface area contributed by atoms with Crippen LogP contribution in [-0.2, 0) is 6.42 Å². The summed E-state index contributed by atoms with van der Waals surface area (Å²) in [7, 11) is 0. The zero-order valence-corrected chi connectivity index (χ0v) is 14.7. The Bertz CT molecular complexity index is 878. The minimum absolute atomic E-state index is 0.191. The summed E-state index contributed by atoms with van der Waals surface area (Å²) >= 11 is 1.03. The van der Waals surface area contributed by atoms with Gasteiger partial charge in [0.25, 0.3) is 11.8 Å². The maximum absolute atomic E-state index is 12.6. The highest BCUT2D eigenvalue weighted by molar-refractivity contribution is 7.15. The van der Waals surface area contributed by atoms with E-state index in [0.717, 1.165) is 22.5 Å². The van der Waals surface area contributed by atoms with Gasteiger partial charge >= 0.3 is 0 Å². The van der Waals surface area contributed by atoms with Crippen LogP contribution < -0.4 is 10.8 Å². The maximum atomic E-state index is 12.6. The Morgan fingerprint density at radius 3 is 2.04 bits per heavy atom. The van der Waals surface area contributed by atoms with E-state index in [-0.39, 0.29) is 16.8 Å². The minimum atomic E-state index is -0.627. The van der Waals surface area contributed by atoms with E-state index in [1.165, 1.54) is 6.07 Å². The monoisotopic (exact) mass is 366 g/mol. The molecule has 3 N–H and O–H groups in total. The highest BCUT2D eigenvalue weighted by Crippen LogP contribution is 2.21. The fourth-order valence-electron chi connectivity index (χ4n) is 2.65. The van der Waals surface area contributed by atoms with Crippen LogP contribution in [0.3, 0.4) is 0 Å². The standard InChI is InChI=1S/C20H18N2O3S/c23-19(17-11-12-18(26-17)20(24)22-25)21-16(15-9-5-2-6-10-15)13-14-7-3-1-4-8-14/h1-12,16,25H,13H2,(H,21,23)(H,22,24)/t16-/m1/s1. The minimum Gasteiger partial charge on any atom is -0.344 e. The number of amides is 2. The Balaban J connectivity index is 1.80. The molecule has 5 nitrogen and oxygen atoms in total. The molecule has 1 aromatic heterocycles. The van der Waals surface area contributed by atoms with Crippen molar-refractivity contribution in [2.75, 3.05) is 0 Å². The third kappa shape index (κ3) is 4.36. The maximum Gasteiger partial charge on any atom is 0.284 e. The van der Waals surface area contributed by atoms with E-state index in [1.54, 1.807) is 11.5 Å². The van der Waals surface area contributed by atoms with Crippen molar-refractivity contribution in [1.82, 2.24) is 10.8 Å². The summed E-state index contributed by atoms with van der Waals surface area (Å²) < 4.78 is 0. The molecule has 2 amide bonds. The lowest BCUT2D eigenvalue weighted by Gasteiger charge is -2.19. The molecule has 0 saturated carbocycles. The Hall–Kier alpha value is -2.96. The Labute approximate surface area is 155 Å². The van der Waals surface area contributed by atoms with Crippen molar-refractivity contribution >= 4 is 23.2 Å². The smallest absolute Gasteiger partial charge is 0.284 e. The van der Waals surface area contributed by atoms with Gasteiger partial charge in [0.1, 0.15) is 0 Å². The van der Waals surface area contributed by atoms with E-state index in [2.05, 4.69) is 5.32 Å². The van der Waals surface area contributed by atoms with Gasteiger partial charge in [-0.05, 0) is 29.7 Å². The molecule has 132 valence electrons. The van der Waals surface area contributed by atoms with Crippen LogP contribution in [0.5, 0.6) is 0 Å². The van der Waals surface area contributed by atoms with Crippen LogP contribution in [0.1, 0.15) is 36.5 Å². The van der Waals surface area contributed by atoms with Crippen molar-refractivity contribution in [2.24, 2.45) is 0 Å². The molecule has 0 aliphatic heterocycles. The predicted molar refractivity (Wildman–Crippen MR) is 100 cm³/mol. The number of hydroxylamine groups is 1. The second-order valence-electron chi connectivity index (χ2n) is 5.73. The number of hydrogen-bond acceptors (Lipinski definition) is 4. The topological polar surface area (TPSA) is 78.4 Å². The Morgan fingerprint density at radius 2 is 1.42 bits per heavy atom. The van der Waals surface area contributed by atoms with Gasteiger partial charge in [-0.25, -0.2) is 5.48 Å². The van der Waals surface area contributed by atoms with Gasteiger partial charge in [0.2, 0.25) is 0 Å². The molecule has 0 bridgehead atoms. The summed E-state index contributed by atoms with van der Waals surface area (Å²) in [5, 5.41) is 11.7. The molecule has 1 atom stereocenters. The zero-order valence-electron chi connectivity index (χ0n) is 13.9. The van der Waals surface area contributed by atoms with E-state index in [0.29, 0.717) is 11.3 Å². The molecule has 3 aromatic rings. The summed E-state index contributed by atoms with van der Waals surface area (Å²) in [6.07, 6.45) is 0.659. The van der Waals surface area contributed by atoms with Gasteiger partial charge in [-0.1, -0.05) is 60.7 Å². The normalized spacial score (nSPS) is 11.6. The molecule has 2 aromatic carbocycles. The van der Waals surface area contributed by atoms with Gasteiger partial charge in [0.15, 0.2) is 0 Å². The Kier molecular flexibility index (Phi) is 5.78. The lowest BCUT2D eigenvalue weighted by molar-refractivity contribution is 0.0711. The van der Waals surface area contributed by atoms with Crippen LogP contribution in [0.25, 0.3) is 0 Å². The van der Waals surface area contributed by atoms with Gasteiger partial charge in [-0.2, -0.15) is 0 Å². The van der Waals surface area contributed by atoms with Crippen molar-refractivity contribution in [3.63, 3.8) is 0 Å². The molecule has 0 unspecified atom stereocenters. The van der Waals surface area contributed by atoms with Crippen molar-refractivity contribution in [3.05, 3.63) is 93.7 Å². The van der Waals surface area contributed by atoms with Crippen LogP contribution in [0.4, 0.5) is 0 Å². The van der Waals surface area contributed by atoms with E-state index in [9.17, 15) is 9.59 Å². The second-order valence-corrected chi connectivity index (χ2v) is 6.82. The van der Waals surface area contributed by atoms with Gasteiger partial charge in [0, 0.05) is 0 Å². The Morgan fingerprint density at radius 1 is 0.846 bits per heavy atom. The van der Waals surface area contributed by atoms with Crippen molar-refractivity contribution in [3.8, 4) is 0 Å². The lowest BCUT2D eigenvalue weighted by atomic mass is 9.99. The quantitative estimate of drug-likeness (QED) is 0.461. The van der Waals surface area contributed by atoms with E-state index >= 15 is 0 Å². The van der Waals surface area contributed by atoms with E-state index in [1.807, 2.05) is 60.7 Å². The fraction of sp³-hybridized carbons (Fsp3) is 0.100. The highest BCUT2D eigenvalue weighted by atomic mass is 32.1. The fourth-order valence-corrected chi connectivity index (χ4v) is 3.45. The van der Waals surface area contributed by atoms with E-state index in [4.69, 9.17) is 5.21 Å². The number of hydrogen-bond donors (Lipinski definition) is 3. The number of thiophene rings is 1. The molecule has 0 fully saturated rings. The highest BCUT2D eigenvalue weighted by Gasteiger charge is 2.19. The number of benzene rings is 2. The van der Waals surface area contributed by atoms with Crippen molar-refractivity contribution in [2.45, 2.75) is 12.5 Å². The van der Waals surface area contributed by atoms with Crippen molar-refractivity contribution in [1.29, 1.82) is 0 Å². The molecule has 3 rings (SSSR count). The first-order valence-electron chi connectivity index (χ1n) is 8.11. The summed E-state index contributed by atoms with van der Waals surface area (Å²) in [5.74, 6) is -0.880. The molecule has 0 radical (unpaired) electrons. The molecular formula is C20H18N2O3S. The van der Waals surface area contributed by atoms with E-state index < -0.39 is 5.91 Å². The van der Waals surface area contributed by atoms with Crippen molar-refractivity contribution < 1.29 is 14.8 Å². The number of carbonyl (C=O) groups excluding carboxylic acids is 2. The molecule has 6 heteroatoms. The molecule has 0 spiro atoms. The molecule has 1 heterocycles. The molecule has 0 aliphatic carbocycles. The van der Waals surface area contributed by atoms with Crippen LogP contribution in [0.15, 0.2) is 72.8 Å². The average molecular weight is 366 g/mol. The third-order valence-corrected chi connectivity index (χ3v) is 5.03.